The van der Waals surface area contributed by atoms with Gasteiger partial charge in [0.2, 0.25) is 5.91 Å². The summed E-state index contributed by atoms with van der Waals surface area (Å²) in [5, 5.41) is 14.2. The zero-order valence-electron chi connectivity index (χ0n) is 12.1. The van der Waals surface area contributed by atoms with Crippen molar-refractivity contribution in [1.82, 2.24) is 5.32 Å². The van der Waals surface area contributed by atoms with Crippen molar-refractivity contribution >= 4 is 28.8 Å². The molecule has 22 heavy (non-hydrogen) atoms. The highest BCUT2D eigenvalue weighted by Crippen LogP contribution is 2.21. The van der Waals surface area contributed by atoms with Crippen LogP contribution in [0, 0.1) is 11.7 Å². The first-order valence-electron chi connectivity index (χ1n) is 6.89. The molecule has 0 saturated heterocycles. The van der Waals surface area contributed by atoms with E-state index < -0.39 is 11.9 Å². The molecule has 2 N–H and O–H groups in total. The predicted octanol–water partition coefficient (Wildman–Crippen LogP) is 3.57. The Morgan fingerprint density at radius 1 is 1.45 bits per heavy atom. The lowest BCUT2D eigenvalue weighted by atomic mass is 10.0. The van der Waals surface area contributed by atoms with Crippen LogP contribution in [0.3, 0.4) is 0 Å². The van der Waals surface area contributed by atoms with Gasteiger partial charge < -0.3 is 10.4 Å². The molecule has 2 rings (SSSR count). The zero-order valence-corrected chi connectivity index (χ0v) is 13.6. The molecular formula is C16H17ClFNO2S. The third kappa shape index (κ3) is 4.29. The maximum absolute atomic E-state index is 13.5. The van der Waals surface area contributed by atoms with Gasteiger partial charge in [-0.25, -0.2) is 4.39 Å². The topological polar surface area (TPSA) is 49.3 Å². The van der Waals surface area contributed by atoms with Crippen LogP contribution in [-0.2, 0) is 11.2 Å². The maximum Gasteiger partial charge on any atom is 0.223 e. The van der Waals surface area contributed by atoms with Crippen LogP contribution in [0.15, 0.2) is 35.7 Å². The van der Waals surface area contributed by atoms with Crippen molar-refractivity contribution in [3.63, 3.8) is 0 Å². The summed E-state index contributed by atoms with van der Waals surface area (Å²) in [5.41, 5.74) is 0.487. The molecule has 0 fully saturated rings. The summed E-state index contributed by atoms with van der Waals surface area (Å²) in [4.78, 5) is 13.4. The number of carbonyl (C=O) groups is 1. The summed E-state index contributed by atoms with van der Waals surface area (Å²) in [5.74, 6) is -0.980. The van der Waals surface area contributed by atoms with E-state index >= 15 is 0 Å². The largest absolute Gasteiger partial charge is 0.394 e. The fourth-order valence-corrected chi connectivity index (χ4v) is 3.05. The molecule has 2 aromatic rings. The highest BCUT2D eigenvalue weighted by molar-refractivity contribution is 7.09. The molecule has 1 amide bonds. The number of thiophene rings is 1. The van der Waals surface area contributed by atoms with Crippen LogP contribution in [-0.4, -0.2) is 17.6 Å². The van der Waals surface area contributed by atoms with E-state index in [2.05, 4.69) is 5.32 Å². The SMILES string of the molecule is CC(Cc1cccs1)C(=O)NC(CO)c1ccc(Cl)c(F)c1. The van der Waals surface area contributed by atoms with E-state index in [0.717, 1.165) is 4.88 Å². The molecule has 0 bridgehead atoms. The molecule has 1 aromatic carbocycles. The second-order valence-corrected chi connectivity index (χ2v) is 6.54. The average molecular weight is 342 g/mol. The summed E-state index contributed by atoms with van der Waals surface area (Å²) >= 11 is 7.24. The van der Waals surface area contributed by atoms with E-state index in [1.54, 1.807) is 17.4 Å². The minimum absolute atomic E-state index is 0.0119. The van der Waals surface area contributed by atoms with Gasteiger partial charge in [0.05, 0.1) is 17.7 Å². The van der Waals surface area contributed by atoms with Gasteiger partial charge in [-0.15, -0.1) is 11.3 Å². The van der Waals surface area contributed by atoms with Crippen LogP contribution in [0.5, 0.6) is 0 Å². The van der Waals surface area contributed by atoms with E-state index in [-0.39, 0.29) is 23.5 Å². The van der Waals surface area contributed by atoms with Crippen LogP contribution in [0.1, 0.15) is 23.4 Å². The number of hydrogen-bond donors (Lipinski definition) is 2. The van der Waals surface area contributed by atoms with Gasteiger partial charge in [-0.05, 0) is 35.6 Å². The van der Waals surface area contributed by atoms with Crippen molar-refractivity contribution in [1.29, 1.82) is 0 Å². The third-order valence-electron chi connectivity index (χ3n) is 3.38. The molecule has 0 aliphatic heterocycles. The fraction of sp³-hybridized carbons (Fsp3) is 0.312. The standard InChI is InChI=1S/C16H17ClFNO2S/c1-10(7-12-3-2-6-22-12)16(21)19-15(9-20)11-4-5-13(17)14(18)8-11/h2-6,8,10,15,20H,7,9H2,1H3,(H,19,21). The third-order valence-corrected chi connectivity index (χ3v) is 4.59. The van der Waals surface area contributed by atoms with E-state index in [0.29, 0.717) is 12.0 Å². The molecule has 0 saturated carbocycles. The first kappa shape index (κ1) is 16.9. The number of carbonyl (C=O) groups excluding carboxylic acids is 1. The summed E-state index contributed by atoms with van der Waals surface area (Å²) in [6.45, 7) is 1.52. The quantitative estimate of drug-likeness (QED) is 0.844. The summed E-state index contributed by atoms with van der Waals surface area (Å²) in [6.07, 6.45) is 0.636. The number of aliphatic hydroxyl groups is 1. The molecule has 1 aromatic heterocycles. The molecule has 0 radical (unpaired) electrons. The van der Waals surface area contributed by atoms with Gasteiger partial charge in [0.1, 0.15) is 5.82 Å². The first-order valence-corrected chi connectivity index (χ1v) is 8.15. The van der Waals surface area contributed by atoms with Gasteiger partial charge >= 0.3 is 0 Å². The Balaban J connectivity index is 2.02. The van der Waals surface area contributed by atoms with Crippen LogP contribution >= 0.6 is 22.9 Å². The van der Waals surface area contributed by atoms with Crippen molar-refractivity contribution in [3.8, 4) is 0 Å². The number of benzene rings is 1. The molecular weight excluding hydrogens is 325 g/mol. The molecule has 2 unspecified atom stereocenters. The van der Waals surface area contributed by atoms with Crippen molar-refractivity contribution < 1.29 is 14.3 Å². The van der Waals surface area contributed by atoms with Gasteiger partial charge in [0, 0.05) is 10.8 Å². The molecule has 0 aliphatic carbocycles. The Hall–Kier alpha value is -1.43. The molecule has 118 valence electrons. The number of hydrogen-bond acceptors (Lipinski definition) is 3. The second-order valence-electron chi connectivity index (χ2n) is 5.10. The first-order chi connectivity index (χ1) is 10.5. The Labute approximate surface area is 137 Å². The predicted molar refractivity (Wildman–Crippen MR) is 86.6 cm³/mol. The van der Waals surface area contributed by atoms with Gasteiger partial charge in [-0.1, -0.05) is 30.7 Å². The highest BCUT2D eigenvalue weighted by atomic mass is 35.5. The van der Waals surface area contributed by atoms with Crippen molar-refractivity contribution in [3.05, 3.63) is 57.0 Å². The Kier molecular flexibility index (Phi) is 5.94. The fourth-order valence-electron chi connectivity index (χ4n) is 2.10. The molecule has 3 nitrogen and oxygen atoms in total. The lowest BCUT2D eigenvalue weighted by Crippen LogP contribution is -2.35. The van der Waals surface area contributed by atoms with Gasteiger partial charge in [0.25, 0.3) is 0 Å². The minimum Gasteiger partial charge on any atom is -0.394 e. The number of nitrogens with one attached hydrogen (secondary N) is 1. The number of halogens is 2. The molecule has 0 spiro atoms. The van der Waals surface area contributed by atoms with Gasteiger partial charge in [0.15, 0.2) is 0 Å². The van der Waals surface area contributed by atoms with Crippen molar-refractivity contribution in [2.45, 2.75) is 19.4 Å². The van der Waals surface area contributed by atoms with Gasteiger partial charge in [-0.2, -0.15) is 0 Å². The van der Waals surface area contributed by atoms with Gasteiger partial charge in [-0.3, -0.25) is 4.79 Å². The summed E-state index contributed by atoms with van der Waals surface area (Å²) in [7, 11) is 0. The van der Waals surface area contributed by atoms with E-state index in [4.69, 9.17) is 11.6 Å². The highest BCUT2D eigenvalue weighted by Gasteiger charge is 2.20. The number of amides is 1. The lowest BCUT2D eigenvalue weighted by Gasteiger charge is -2.19. The molecule has 6 heteroatoms. The maximum atomic E-state index is 13.5. The van der Waals surface area contributed by atoms with Crippen LogP contribution in [0.2, 0.25) is 5.02 Å². The number of rotatable bonds is 6. The summed E-state index contributed by atoms with van der Waals surface area (Å²) < 4.78 is 13.5. The molecule has 2 atom stereocenters. The monoisotopic (exact) mass is 341 g/mol. The number of aliphatic hydroxyl groups excluding tert-OH is 1. The van der Waals surface area contributed by atoms with Crippen molar-refractivity contribution in [2.75, 3.05) is 6.61 Å². The molecule has 0 aliphatic rings. The van der Waals surface area contributed by atoms with E-state index in [9.17, 15) is 14.3 Å². The zero-order chi connectivity index (χ0) is 16.1. The molecule has 1 heterocycles. The Morgan fingerprint density at radius 3 is 2.82 bits per heavy atom. The normalized spacial score (nSPS) is 13.6. The Bertz CT molecular complexity index is 633. The van der Waals surface area contributed by atoms with Crippen molar-refractivity contribution in [2.24, 2.45) is 5.92 Å². The van der Waals surface area contributed by atoms with Crippen LogP contribution in [0.4, 0.5) is 4.39 Å². The average Bonchev–Trinajstić information content (AvgIpc) is 3.00. The van der Waals surface area contributed by atoms with Crippen LogP contribution in [0.25, 0.3) is 0 Å². The Morgan fingerprint density at radius 2 is 2.23 bits per heavy atom. The smallest absolute Gasteiger partial charge is 0.223 e. The lowest BCUT2D eigenvalue weighted by molar-refractivity contribution is -0.125. The second kappa shape index (κ2) is 7.72. The summed E-state index contributed by atoms with van der Waals surface area (Å²) in [6, 6.07) is 7.51. The minimum atomic E-state index is -0.648. The van der Waals surface area contributed by atoms with E-state index in [1.807, 2.05) is 24.4 Å². The van der Waals surface area contributed by atoms with Crippen LogP contribution < -0.4 is 5.32 Å². The van der Waals surface area contributed by atoms with E-state index in [1.165, 1.54) is 12.1 Å².